The van der Waals surface area contributed by atoms with Crippen LogP contribution in [-0.4, -0.2) is 51.2 Å². The first-order chi connectivity index (χ1) is 19.1. The third-order valence-electron chi connectivity index (χ3n) is 7.39. The number of hydrogen-bond acceptors (Lipinski definition) is 6. The summed E-state index contributed by atoms with van der Waals surface area (Å²) in [5, 5.41) is 11.6. The van der Waals surface area contributed by atoms with Gasteiger partial charge in [-0.1, -0.05) is 72.8 Å². The summed E-state index contributed by atoms with van der Waals surface area (Å²) in [6.07, 6.45) is -2.99. The molecule has 3 aromatic carbocycles. The number of imidazole rings is 1. The van der Waals surface area contributed by atoms with E-state index >= 15 is 0 Å². The second kappa shape index (κ2) is 10.3. The fraction of sp³-hybridized carbons (Fsp3) is 0.364. The summed E-state index contributed by atoms with van der Waals surface area (Å²) >= 11 is 0. The van der Waals surface area contributed by atoms with Gasteiger partial charge in [-0.2, -0.15) is 0 Å². The Labute approximate surface area is 235 Å². The SMILES string of the molecule is Cc1cccc(-n2c(C3OC(C)(C)O[C@H]3[C@@H](O)[C@H]3COC(C)(C)O3)nc(-c3ccccc3)c2-c2ccccc2)c1. The molecular formula is C33H36N2O5. The summed E-state index contributed by atoms with van der Waals surface area (Å²) in [4.78, 5) is 5.27. The number of aliphatic hydroxyl groups is 1. The van der Waals surface area contributed by atoms with Gasteiger partial charge in [-0.15, -0.1) is 0 Å². The summed E-state index contributed by atoms with van der Waals surface area (Å²) in [6.45, 7) is 9.74. The van der Waals surface area contributed by atoms with Gasteiger partial charge in [-0.05, 0) is 52.3 Å². The Morgan fingerprint density at radius 1 is 0.825 bits per heavy atom. The van der Waals surface area contributed by atoms with Crippen molar-refractivity contribution in [1.82, 2.24) is 9.55 Å². The highest BCUT2D eigenvalue weighted by atomic mass is 16.8. The zero-order chi connectivity index (χ0) is 28.1. The van der Waals surface area contributed by atoms with E-state index in [0.717, 1.165) is 33.8 Å². The first-order valence-electron chi connectivity index (χ1n) is 13.8. The summed E-state index contributed by atoms with van der Waals surface area (Å²) in [7, 11) is 0. The highest BCUT2D eigenvalue weighted by molar-refractivity contribution is 5.80. The average Bonchev–Trinajstić information content (AvgIpc) is 3.61. The van der Waals surface area contributed by atoms with Crippen LogP contribution in [0.3, 0.4) is 0 Å². The van der Waals surface area contributed by atoms with Crippen molar-refractivity contribution in [2.45, 2.75) is 70.6 Å². The van der Waals surface area contributed by atoms with Gasteiger partial charge in [-0.25, -0.2) is 4.98 Å². The summed E-state index contributed by atoms with van der Waals surface area (Å²) in [5.41, 5.74) is 5.84. The van der Waals surface area contributed by atoms with E-state index in [4.69, 9.17) is 23.9 Å². The van der Waals surface area contributed by atoms with E-state index in [1.54, 1.807) is 0 Å². The van der Waals surface area contributed by atoms with Crippen molar-refractivity contribution in [3.63, 3.8) is 0 Å². The molecule has 6 rings (SSSR count). The van der Waals surface area contributed by atoms with Gasteiger partial charge in [0.25, 0.3) is 0 Å². The topological polar surface area (TPSA) is 75.0 Å². The molecule has 3 heterocycles. The van der Waals surface area contributed by atoms with E-state index in [2.05, 4.69) is 54.0 Å². The van der Waals surface area contributed by atoms with Crippen LogP contribution < -0.4 is 0 Å². The lowest BCUT2D eigenvalue weighted by Gasteiger charge is -2.27. The molecule has 1 N–H and O–H groups in total. The second-order valence-corrected chi connectivity index (χ2v) is 11.5. The third-order valence-corrected chi connectivity index (χ3v) is 7.39. The molecule has 0 saturated carbocycles. The molecule has 208 valence electrons. The lowest BCUT2D eigenvalue weighted by molar-refractivity contribution is -0.178. The summed E-state index contributed by atoms with van der Waals surface area (Å²) < 4.78 is 26.9. The number of rotatable bonds is 6. The van der Waals surface area contributed by atoms with Crippen molar-refractivity contribution in [3.8, 4) is 28.2 Å². The number of aryl methyl sites for hydroxylation is 1. The van der Waals surface area contributed by atoms with E-state index < -0.39 is 36.0 Å². The van der Waals surface area contributed by atoms with Gasteiger partial charge < -0.3 is 24.1 Å². The Morgan fingerprint density at radius 2 is 1.50 bits per heavy atom. The quantitative estimate of drug-likeness (QED) is 0.313. The van der Waals surface area contributed by atoms with Crippen LogP contribution in [0, 0.1) is 6.92 Å². The molecule has 7 heteroatoms. The number of ether oxygens (including phenoxy) is 4. The zero-order valence-corrected chi connectivity index (χ0v) is 23.6. The molecule has 2 aliphatic rings. The van der Waals surface area contributed by atoms with E-state index in [-0.39, 0.29) is 6.61 Å². The zero-order valence-electron chi connectivity index (χ0n) is 23.6. The number of aromatic nitrogens is 2. The molecule has 0 radical (unpaired) electrons. The molecule has 1 aromatic heterocycles. The van der Waals surface area contributed by atoms with E-state index in [1.807, 2.05) is 70.2 Å². The monoisotopic (exact) mass is 540 g/mol. The van der Waals surface area contributed by atoms with Crippen LogP contribution in [0.4, 0.5) is 0 Å². The molecule has 7 nitrogen and oxygen atoms in total. The first-order valence-corrected chi connectivity index (χ1v) is 13.8. The van der Waals surface area contributed by atoms with Crippen molar-refractivity contribution in [2.24, 2.45) is 0 Å². The predicted octanol–water partition coefficient (Wildman–Crippen LogP) is 6.22. The lowest BCUT2D eigenvalue weighted by Crippen LogP contribution is -2.43. The normalized spacial score (nSPS) is 24.3. The molecule has 0 spiro atoms. The largest absolute Gasteiger partial charge is 0.387 e. The van der Waals surface area contributed by atoms with Gasteiger partial charge in [0.2, 0.25) is 0 Å². The van der Waals surface area contributed by atoms with Gasteiger partial charge in [0, 0.05) is 16.8 Å². The lowest BCUT2D eigenvalue weighted by atomic mass is 10.0. The minimum absolute atomic E-state index is 0.262. The minimum atomic E-state index is -1.00. The van der Waals surface area contributed by atoms with E-state index in [0.29, 0.717) is 5.82 Å². The fourth-order valence-electron chi connectivity index (χ4n) is 5.65. The third kappa shape index (κ3) is 5.11. The first kappa shape index (κ1) is 26.9. The van der Waals surface area contributed by atoms with Crippen LogP contribution in [-0.2, 0) is 18.9 Å². The van der Waals surface area contributed by atoms with Gasteiger partial charge >= 0.3 is 0 Å². The fourth-order valence-corrected chi connectivity index (χ4v) is 5.65. The molecule has 4 aromatic rings. The van der Waals surface area contributed by atoms with Gasteiger partial charge in [0.05, 0.1) is 18.0 Å². The van der Waals surface area contributed by atoms with E-state index in [1.165, 1.54) is 0 Å². The molecular weight excluding hydrogens is 504 g/mol. The summed E-state index contributed by atoms with van der Waals surface area (Å²) in [6, 6.07) is 28.7. The Balaban J connectivity index is 1.57. The molecule has 0 bridgehead atoms. The van der Waals surface area contributed by atoms with Crippen LogP contribution >= 0.6 is 0 Å². The number of aliphatic hydroxyl groups excluding tert-OH is 1. The maximum absolute atomic E-state index is 11.6. The van der Waals surface area contributed by atoms with Crippen molar-refractivity contribution in [3.05, 3.63) is 96.3 Å². The minimum Gasteiger partial charge on any atom is -0.387 e. The van der Waals surface area contributed by atoms with Crippen molar-refractivity contribution >= 4 is 0 Å². The Bertz CT molecular complexity index is 1480. The van der Waals surface area contributed by atoms with Crippen LogP contribution in [0.5, 0.6) is 0 Å². The highest BCUT2D eigenvalue weighted by Crippen LogP contribution is 2.45. The average molecular weight is 541 g/mol. The summed E-state index contributed by atoms with van der Waals surface area (Å²) in [5.74, 6) is -1.08. The molecule has 1 unspecified atom stereocenters. The maximum atomic E-state index is 11.6. The molecule has 2 fully saturated rings. The molecule has 4 atom stereocenters. The molecule has 2 aliphatic heterocycles. The smallest absolute Gasteiger partial charge is 0.164 e. The van der Waals surface area contributed by atoms with Gasteiger partial charge in [-0.3, -0.25) is 4.57 Å². The molecule has 2 saturated heterocycles. The van der Waals surface area contributed by atoms with Gasteiger partial charge in [0.15, 0.2) is 11.6 Å². The van der Waals surface area contributed by atoms with Crippen LogP contribution in [0.1, 0.15) is 45.2 Å². The van der Waals surface area contributed by atoms with Gasteiger partial charge in [0.1, 0.15) is 30.2 Å². The van der Waals surface area contributed by atoms with Crippen molar-refractivity contribution < 1.29 is 24.1 Å². The molecule has 0 aliphatic carbocycles. The van der Waals surface area contributed by atoms with E-state index in [9.17, 15) is 5.11 Å². The van der Waals surface area contributed by atoms with Crippen LogP contribution in [0.15, 0.2) is 84.9 Å². The maximum Gasteiger partial charge on any atom is 0.164 e. The van der Waals surface area contributed by atoms with Crippen LogP contribution in [0.2, 0.25) is 0 Å². The Hall–Kier alpha value is -3.33. The molecule has 0 amide bonds. The van der Waals surface area contributed by atoms with Crippen molar-refractivity contribution in [1.29, 1.82) is 0 Å². The van der Waals surface area contributed by atoms with Crippen LogP contribution in [0.25, 0.3) is 28.2 Å². The molecule has 40 heavy (non-hydrogen) atoms. The number of benzene rings is 3. The Morgan fingerprint density at radius 3 is 2.12 bits per heavy atom. The predicted molar refractivity (Wildman–Crippen MR) is 153 cm³/mol. The van der Waals surface area contributed by atoms with Crippen molar-refractivity contribution in [2.75, 3.05) is 6.61 Å². The number of hydrogen-bond donors (Lipinski definition) is 1. The second-order valence-electron chi connectivity index (χ2n) is 11.5. The standard InChI is InChI=1S/C33H36N2O5/c1-21-13-12-18-24(19-21)35-27(23-16-10-7-11-17-23)26(22-14-8-6-9-15-22)34-31(35)30-29(39-33(4,5)40-30)28(36)25-20-37-32(2,3)38-25/h6-19,25,28-30,36H,20H2,1-5H3/t25-,28+,29+,30?/m1/s1. The Kier molecular flexibility index (Phi) is 6.89. The highest BCUT2D eigenvalue weighted by Gasteiger charge is 2.52. The number of nitrogens with zero attached hydrogens (tertiary/aromatic N) is 2.